The van der Waals surface area contributed by atoms with Crippen molar-refractivity contribution in [1.29, 1.82) is 0 Å². The van der Waals surface area contributed by atoms with E-state index in [0.29, 0.717) is 11.7 Å². The summed E-state index contributed by atoms with van der Waals surface area (Å²) in [5.74, 6) is 0. The molecule has 0 saturated carbocycles. The Morgan fingerprint density at radius 1 is 0.476 bits per heavy atom. The van der Waals surface area contributed by atoms with E-state index in [4.69, 9.17) is 0 Å². The Morgan fingerprint density at radius 2 is 0.762 bits per heavy atom. The van der Waals surface area contributed by atoms with Crippen LogP contribution in [0.15, 0.2) is 0 Å². The third-order valence-electron chi connectivity index (χ3n) is 2.01. The lowest BCUT2D eigenvalue weighted by Crippen LogP contribution is -2.63. The van der Waals surface area contributed by atoms with E-state index in [2.05, 4.69) is 207 Å². The van der Waals surface area contributed by atoms with Crippen LogP contribution in [-0.4, -0.2) is 17.6 Å². The summed E-state index contributed by atoms with van der Waals surface area (Å²) in [5, 5.41) is 0. The summed E-state index contributed by atoms with van der Waals surface area (Å²) < 4.78 is 5.79. The normalized spacial score (nSPS) is 16.0. The molecular formula is C6Br13OS+. The highest BCUT2D eigenvalue weighted by Gasteiger charge is 2.77. The second kappa shape index (κ2) is 8.95. The van der Waals surface area contributed by atoms with Gasteiger partial charge in [0.15, 0.2) is 5.38 Å². The van der Waals surface area contributed by atoms with Gasteiger partial charge < -0.3 is 0 Å². The molecule has 0 unspecified atom stereocenters. The molecule has 21 heavy (non-hydrogen) atoms. The maximum atomic E-state index is 11.5. The molecule has 126 valence electrons. The van der Waals surface area contributed by atoms with Gasteiger partial charge in [-0.15, -0.1) is 0 Å². The Morgan fingerprint density at radius 3 is 1.00 bits per heavy atom. The Kier molecular flexibility index (Phi) is 11.6. The van der Waals surface area contributed by atoms with Gasteiger partial charge in [0.1, 0.15) is 9.70 Å². The zero-order valence-corrected chi connectivity index (χ0v) is 30.2. The zero-order chi connectivity index (χ0) is 17.7. The number of hydrogen-bond acceptors (Lipinski definition) is 1. The highest BCUT2D eigenvalue weighted by molar-refractivity contribution is 9.42. The number of alkyl halides is 13. The van der Waals surface area contributed by atoms with Crippen LogP contribution >= 0.6 is 207 Å². The second-order valence-corrected chi connectivity index (χ2v) is 29.2. The minimum absolute atomic E-state index is 0.317. The maximum Gasteiger partial charge on any atom is 0.492 e. The van der Waals surface area contributed by atoms with Crippen molar-refractivity contribution in [2.24, 2.45) is 0 Å². The summed E-state index contributed by atoms with van der Waals surface area (Å²) in [7, 11) is 0. The van der Waals surface area contributed by atoms with E-state index in [-0.39, 0.29) is 0 Å². The van der Waals surface area contributed by atoms with Crippen molar-refractivity contribution in [2.45, 2.75) is 17.6 Å². The van der Waals surface area contributed by atoms with Gasteiger partial charge in [-0.2, -0.15) is 0 Å². The largest absolute Gasteiger partial charge is 0.492 e. The third kappa shape index (κ3) is 5.25. The van der Waals surface area contributed by atoms with Gasteiger partial charge in [0, 0.05) is 36.1 Å². The SMILES string of the molecule is O=[S+]C(Br)(Br)C(Br)(Br)C(Br)(Br)C(Br)(Br)C(Br)(Br)C(Br)(Br)Br. The predicted molar refractivity (Wildman–Crippen MR) is 140 cm³/mol. The van der Waals surface area contributed by atoms with Gasteiger partial charge in [-0.25, -0.2) is 0 Å². The van der Waals surface area contributed by atoms with Gasteiger partial charge in [0.25, 0.3) is 0 Å². The standard InChI is InChI=1S/C6Br13OS/c7-1(8,3(11,12)5(15,16)17)2(9,10)4(13,14)6(18,19)21-20/q+1. The first-order valence-corrected chi connectivity index (χ1v) is 15.1. The fourth-order valence-corrected chi connectivity index (χ4v) is 11.6. The molecule has 0 amide bonds. The van der Waals surface area contributed by atoms with Crippen LogP contribution < -0.4 is 0 Å². The molecule has 0 radical (unpaired) electrons. The molecule has 0 aromatic heterocycles. The highest BCUT2D eigenvalue weighted by Crippen LogP contribution is 2.74. The lowest BCUT2D eigenvalue weighted by atomic mass is 10.2. The van der Waals surface area contributed by atoms with E-state index in [9.17, 15) is 4.21 Å². The fraction of sp³-hybridized carbons (Fsp3) is 1.00. The van der Waals surface area contributed by atoms with Crippen LogP contribution in [0.3, 0.4) is 0 Å². The van der Waals surface area contributed by atoms with Gasteiger partial charge in [0.2, 0.25) is 0 Å². The van der Waals surface area contributed by atoms with Crippen LogP contribution in [0, 0.1) is 0 Å². The number of halogens is 13. The third-order valence-corrected chi connectivity index (χ3v) is 28.0. The Balaban J connectivity index is 6.20. The van der Waals surface area contributed by atoms with Crippen LogP contribution in [0.4, 0.5) is 0 Å². The Hall–Kier alpha value is 6.26. The molecule has 0 aromatic carbocycles. The molecule has 0 spiro atoms. The minimum atomic E-state index is -1.10. The summed E-state index contributed by atoms with van der Waals surface area (Å²) >= 11 is 46.3. The lowest BCUT2D eigenvalue weighted by Gasteiger charge is -2.51. The molecule has 0 rings (SSSR count). The first-order chi connectivity index (χ1) is 8.81. The van der Waals surface area contributed by atoms with Gasteiger partial charge in [-0.1, -0.05) is 175 Å². The second-order valence-electron chi connectivity index (χ2n) is 3.40. The van der Waals surface area contributed by atoms with E-state index in [0.717, 1.165) is 0 Å². The van der Waals surface area contributed by atoms with Crippen LogP contribution in [0.25, 0.3) is 0 Å². The van der Waals surface area contributed by atoms with Gasteiger partial charge in [-0.3, -0.25) is 0 Å². The van der Waals surface area contributed by atoms with Gasteiger partial charge in [0.05, 0.1) is 0 Å². The van der Waals surface area contributed by atoms with Crippen molar-refractivity contribution in [1.82, 2.24) is 0 Å². The molecule has 0 saturated heterocycles. The maximum absolute atomic E-state index is 11.5. The molecule has 0 heterocycles. The van der Waals surface area contributed by atoms with Gasteiger partial charge in [-0.05, 0) is 0 Å². The topological polar surface area (TPSA) is 17.1 Å². The average Bonchev–Trinajstić information content (AvgIpc) is 2.26. The summed E-state index contributed by atoms with van der Waals surface area (Å²) in [6, 6.07) is 0. The van der Waals surface area contributed by atoms with E-state index in [1.54, 1.807) is 0 Å². The lowest BCUT2D eigenvalue weighted by molar-refractivity contribution is 0.596. The Labute approximate surface area is 235 Å². The average molecular weight is 1160 g/mol. The monoisotopic (exact) mass is 1150 g/mol. The molecule has 0 aromatic rings. The number of rotatable bonds is 5. The van der Waals surface area contributed by atoms with Crippen molar-refractivity contribution >= 4 is 219 Å². The molecule has 15 heteroatoms. The number of hydrogen-bond donors (Lipinski definition) is 0. The quantitative estimate of drug-likeness (QED) is 0.198. The summed E-state index contributed by atoms with van der Waals surface area (Å²) in [4.78, 5) is 0. The van der Waals surface area contributed by atoms with Crippen LogP contribution in [0.2, 0.25) is 0 Å². The fourth-order valence-electron chi connectivity index (χ4n) is 0.807. The minimum Gasteiger partial charge on any atom is -0.0675 e. The van der Waals surface area contributed by atoms with Crippen LogP contribution in [0.5, 0.6) is 0 Å². The van der Waals surface area contributed by atoms with E-state index >= 15 is 0 Å². The van der Waals surface area contributed by atoms with Crippen LogP contribution in [-0.2, 0) is 15.9 Å². The van der Waals surface area contributed by atoms with E-state index in [1.807, 2.05) is 0 Å². The smallest absolute Gasteiger partial charge is 0.0675 e. The van der Waals surface area contributed by atoms with Crippen LogP contribution in [0.1, 0.15) is 0 Å². The summed E-state index contributed by atoms with van der Waals surface area (Å²) in [6.07, 6.45) is 0. The van der Waals surface area contributed by atoms with Crippen molar-refractivity contribution in [2.75, 3.05) is 0 Å². The summed E-state index contributed by atoms with van der Waals surface area (Å²) in [6.45, 7) is 0. The van der Waals surface area contributed by atoms with Crippen molar-refractivity contribution in [3.8, 4) is 0 Å². The molecule has 0 aliphatic heterocycles. The Bertz CT molecular complexity index is 409. The molecule has 0 aliphatic rings. The first-order valence-electron chi connectivity index (χ1n) is 4.08. The molecule has 0 aliphatic carbocycles. The van der Waals surface area contributed by atoms with Crippen molar-refractivity contribution in [3.63, 3.8) is 0 Å². The summed E-state index contributed by atoms with van der Waals surface area (Å²) in [5.41, 5.74) is 0. The van der Waals surface area contributed by atoms with E-state index < -0.39 is 17.6 Å². The van der Waals surface area contributed by atoms with E-state index in [1.165, 1.54) is 0 Å². The highest BCUT2D eigenvalue weighted by atomic mass is 80.0. The zero-order valence-electron chi connectivity index (χ0n) is 8.73. The molecule has 0 atom stereocenters. The predicted octanol–water partition coefficient (Wildman–Crippen LogP) is 9.64. The molecule has 0 N–H and O–H groups in total. The molecule has 1 nitrogen and oxygen atoms in total. The van der Waals surface area contributed by atoms with Gasteiger partial charge >= 0.3 is 14.2 Å². The van der Waals surface area contributed by atoms with Crippen molar-refractivity contribution in [3.05, 3.63) is 0 Å². The molecular weight excluding hydrogens is 1160 g/mol. The van der Waals surface area contributed by atoms with Crippen molar-refractivity contribution < 1.29 is 4.21 Å². The molecule has 0 fully saturated rings. The first kappa shape index (κ1) is 27.3. The molecule has 0 bridgehead atoms.